The Balaban J connectivity index is 1.51. The first-order valence-electron chi connectivity index (χ1n) is 11.5. The molecule has 0 fully saturated rings. The summed E-state index contributed by atoms with van der Waals surface area (Å²) in [7, 11) is 0. The fourth-order valence-electron chi connectivity index (χ4n) is 4.68. The lowest BCUT2D eigenvalue weighted by Crippen LogP contribution is -2.33. The third-order valence-corrected chi connectivity index (χ3v) is 6.33. The zero-order valence-corrected chi connectivity index (χ0v) is 20.4. The Morgan fingerprint density at radius 1 is 1.22 bits per heavy atom. The maximum absolute atomic E-state index is 14.1. The van der Waals surface area contributed by atoms with E-state index in [1.54, 1.807) is 24.6 Å². The summed E-state index contributed by atoms with van der Waals surface area (Å²) in [6, 6.07) is 9.26. The summed E-state index contributed by atoms with van der Waals surface area (Å²) in [6.07, 6.45) is -0.728. The molecule has 0 spiro atoms. The summed E-state index contributed by atoms with van der Waals surface area (Å²) in [5, 5.41) is 7.03. The monoisotopic (exact) mass is 500 g/mol. The quantitative estimate of drug-likeness (QED) is 0.439. The number of aromatic nitrogens is 3. The minimum absolute atomic E-state index is 0.129. The highest BCUT2D eigenvalue weighted by molar-refractivity contribution is 5.94. The van der Waals surface area contributed by atoms with Gasteiger partial charge in [-0.3, -0.25) is 9.59 Å². The first-order chi connectivity index (χ1) is 17.0. The van der Waals surface area contributed by atoms with Crippen molar-refractivity contribution in [1.29, 1.82) is 0 Å². The minimum Gasteiger partial charge on any atom is -0.455 e. The van der Waals surface area contributed by atoms with Gasteiger partial charge in [0.2, 0.25) is 0 Å². The lowest BCUT2D eigenvalue weighted by atomic mass is 9.84. The van der Waals surface area contributed by atoms with Gasteiger partial charge in [-0.05, 0) is 62.4 Å². The highest BCUT2D eigenvalue weighted by Gasteiger charge is 2.50. The van der Waals surface area contributed by atoms with Crippen molar-refractivity contribution in [3.63, 3.8) is 0 Å². The van der Waals surface area contributed by atoms with Crippen molar-refractivity contribution in [2.24, 2.45) is 0 Å². The number of H-pyrrole nitrogens is 1. The van der Waals surface area contributed by atoms with E-state index in [-0.39, 0.29) is 17.2 Å². The molecule has 10 heteroatoms. The van der Waals surface area contributed by atoms with Crippen molar-refractivity contribution in [1.82, 2.24) is 14.8 Å². The van der Waals surface area contributed by atoms with Crippen molar-refractivity contribution in [2.45, 2.75) is 52.1 Å². The topological polar surface area (TPSA) is 89.0 Å². The number of esters is 1. The number of nitrogens with one attached hydrogen (secondary N) is 2. The highest BCUT2D eigenvalue weighted by atomic mass is 19.4. The zero-order valence-electron chi connectivity index (χ0n) is 20.4. The average Bonchev–Trinajstić information content (AvgIpc) is 3.29. The summed E-state index contributed by atoms with van der Waals surface area (Å²) >= 11 is 0. The van der Waals surface area contributed by atoms with Gasteiger partial charge in [0, 0.05) is 11.4 Å². The lowest BCUT2D eigenvalue weighted by molar-refractivity contribution is -0.182. The molecule has 7 nitrogen and oxygen atoms in total. The van der Waals surface area contributed by atoms with E-state index >= 15 is 0 Å². The smallest absolute Gasteiger partial charge is 0.406 e. The van der Waals surface area contributed by atoms with Gasteiger partial charge in [0.25, 0.3) is 5.91 Å². The van der Waals surface area contributed by atoms with Gasteiger partial charge in [0.1, 0.15) is 0 Å². The summed E-state index contributed by atoms with van der Waals surface area (Å²) < 4.78 is 48.9. The van der Waals surface area contributed by atoms with E-state index in [9.17, 15) is 22.8 Å². The number of anilines is 1. The molecule has 190 valence electrons. The number of rotatable bonds is 6. The van der Waals surface area contributed by atoms with Gasteiger partial charge in [0.05, 0.1) is 22.8 Å². The molecule has 2 aromatic heterocycles. The summed E-state index contributed by atoms with van der Waals surface area (Å²) in [5.41, 5.74) is 3.47. The predicted molar refractivity (Wildman–Crippen MR) is 129 cm³/mol. The summed E-state index contributed by atoms with van der Waals surface area (Å²) in [5.74, 6) is -4.97. The van der Waals surface area contributed by atoms with Crippen LogP contribution in [-0.4, -0.2) is 39.4 Å². The number of amides is 1. The zero-order chi connectivity index (χ0) is 26.2. The number of carbonyl (C=O) groups excluding carboxylic acids is 2. The SMILES string of the molecule is Cc1nn(-c2ccccc2)c(C)c1NC(=O)COC(=O)C(c1c(C)[nH]c2c1C(C)CC=C2)C(F)(F)F. The second-order valence-electron chi connectivity index (χ2n) is 8.95. The Bertz CT molecular complexity index is 1320. The van der Waals surface area contributed by atoms with Crippen LogP contribution in [0.15, 0.2) is 36.4 Å². The normalized spacial score (nSPS) is 15.9. The number of carbonyl (C=O) groups is 2. The molecule has 0 bridgehead atoms. The van der Waals surface area contributed by atoms with Gasteiger partial charge in [-0.1, -0.05) is 31.2 Å². The van der Waals surface area contributed by atoms with Crippen LogP contribution in [0, 0.1) is 20.8 Å². The number of hydrogen-bond donors (Lipinski definition) is 2. The van der Waals surface area contributed by atoms with E-state index in [4.69, 9.17) is 4.74 Å². The molecular formula is C26H27F3N4O3. The number of nitrogens with zero attached hydrogens (tertiary/aromatic N) is 2. The molecule has 2 heterocycles. The van der Waals surface area contributed by atoms with E-state index in [0.717, 1.165) is 5.69 Å². The van der Waals surface area contributed by atoms with Crippen LogP contribution in [0.5, 0.6) is 0 Å². The average molecular weight is 501 g/mol. The number of fused-ring (bicyclic) bond motifs is 1. The third kappa shape index (κ3) is 4.80. The molecule has 2 unspecified atom stereocenters. The number of alkyl halides is 3. The number of aromatic amines is 1. The van der Waals surface area contributed by atoms with Crippen molar-refractivity contribution >= 4 is 23.6 Å². The maximum Gasteiger partial charge on any atom is 0.406 e. The van der Waals surface area contributed by atoms with E-state index < -0.39 is 30.6 Å². The van der Waals surface area contributed by atoms with Crippen LogP contribution in [0.4, 0.5) is 18.9 Å². The molecule has 0 aliphatic heterocycles. The molecule has 1 aliphatic carbocycles. The second kappa shape index (κ2) is 9.67. The van der Waals surface area contributed by atoms with E-state index in [2.05, 4.69) is 15.4 Å². The molecular weight excluding hydrogens is 473 g/mol. The number of benzene rings is 1. The number of allylic oxidation sites excluding steroid dienone is 1. The predicted octanol–water partition coefficient (Wildman–Crippen LogP) is 5.47. The van der Waals surface area contributed by atoms with E-state index in [1.807, 2.05) is 43.3 Å². The van der Waals surface area contributed by atoms with Crippen LogP contribution in [0.1, 0.15) is 59.1 Å². The Labute approximate surface area is 206 Å². The van der Waals surface area contributed by atoms with Crippen molar-refractivity contribution < 1.29 is 27.5 Å². The fourth-order valence-corrected chi connectivity index (χ4v) is 4.68. The Kier molecular flexibility index (Phi) is 6.79. The number of halogens is 3. The Hall–Kier alpha value is -3.82. The van der Waals surface area contributed by atoms with E-state index in [1.165, 1.54) is 6.92 Å². The van der Waals surface area contributed by atoms with Crippen molar-refractivity contribution in [3.8, 4) is 5.69 Å². The van der Waals surface area contributed by atoms with Gasteiger partial charge in [-0.15, -0.1) is 0 Å². The maximum atomic E-state index is 14.1. The third-order valence-electron chi connectivity index (χ3n) is 6.33. The molecule has 1 amide bonds. The largest absolute Gasteiger partial charge is 0.455 e. The van der Waals surface area contributed by atoms with Crippen LogP contribution >= 0.6 is 0 Å². The van der Waals surface area contributed by atoms with Gasteiger partial charge in [-0.2, -0.15) is 18.3 Å². The molecule has 2 N–H and O–H groups in total. The molecule has 2 atom stereocenters. The standard InChI is InChI=1S/C26H27F3N4O3/c1-14-9-8-12-19-21(14)22(15(2)30-19)23(26(27,28)29)25(35)36-13-20(34)31-24-16(3)32-33(17(24)4)18-10-6-5-7-11-18/h5-8,10-12,14,23,30H,9,13H2,1-4H3,(H,31,34). The van der Waals surface area contributed by atoms with Gasteiger partial charge in [0.15, 0.2) is 12.5 Å². The van der Waals surface area contributed by atoms with Gasteiger partial charge in [-0.25, -0.2) is 4.68 Å². The van der Waals surface area contributed by atoms with Crippen LogP contribution < -0.4 is 5.32 Å². The van der Waals surface area contributed by atoms with Gasteiger partial charge >= 0.3 is 12.1 Å². The van der Waals surface area contributed by atoms with Gasteiger partial charge < -0.3 is 15.0 Å². The highest BCUT2D eigenvalue weighted by Crippen LogP contribution is 2.44. The van der Waals surface area contributed by atoms with Crippen molar-refractivity contribution in [2.75, 3.05) is 11.9 Å². The molecule has 0 radical (unpaired) electrons. The van der Waals surface area contributed by atoms with Crippen LogP contribution in [0.2, 0.25) is 0 Å². The van der Waals surface area contributed by atoms with E-state index in [0.29, 0.717) is 34.8 Å². The Morgan fingerprint density at radius 3 is 2.58 bits per heavy atom. The second-order valence-corrected chi connectivity index (χ2v) is 8.95. The Morgan fingerprint density at radius 2 is 1.92 bits per heavy atom. The number of hydrogen-bond acceptors (Lipinski definition) is 4. The molecule has 1 aliphatic rings. The van der Waals surface area contributed by atoms with Crippen LogP contribution in [0.25, 0.3) is 11.8 Å². The molecule has 3 aromatic rings. The lowest BCUT2D eigenvalue weighted by Gasteiger charge is -2.23. The number of para-hydroxylation sites is 1. The molecule has 4 rings (SSSR count). The first kappa shape index (κ1) is 25.3. The summed E-state index contributed by atoms with van der Waals surface area (Å²) in [6.45, 7) is 5.90. The van der Waals surface area contributed by atoms with Crippen LogP contribution in [-0.2, 0) is 14.3 Å². The van der Waals surface area contributed by atoms with Crippen molar-refractivity contribution in [3.05, 3.63) is 70.3 Å². The van der Waals surface area contributed by atoms with Crippen LogP contribution in [0.3, 0.4) is 0 Å². The summed E-state index contributed by atoms with van der Waals surface area (Å²) in [4.78, 5) is 28.2. The number of aryl methyl sites for hydroxylation is 2. The fraction of sp³-hybridized carbons (Fsp3) is 0.346. The molecule has 0 saturated heterocycles. The molecule has 36 heavy (non-hydrogen) atoms. The number of ether oxygens (including phenoxy) is 1. The molecule has 1 aromatic carbocycles. The molecule has 0 saturated carbocycles. The first-order valence-corrected chi connectivity index (χ1v) is 11.5. The minimum atomic E-state index is -4.89.